The fraction of sp³-hybridized carbons (Fsp3) is 0.944. The number of hydrogen-bond donors (Lipinski definition) is 0. The first-order valence-electron chi connectivity index (χ1n) is 9.08. The van der Waals surface area contributed by atoms with Crippen molar-refractivity contribution in [3.05, 3.63) is 0 Å². The molecular weight excluding hydrogens is 292 g/mol. The van der Waals surface area contributed by atoms with Gasteiger partial charge in [0.05, 0.1) is 12.2 Å². The van der Waals surface area contributed by atoms with Gasteiger partial charge in [0.2, 0.25) is 0 Å². The molecule has 2 atom stereocenters. The Morgan fingerprint density at radius 3 is 2.22 bits per heavy atom. The Labute approximate surface area is 141 Å². The van der Waals surface area contributed by atoms with Crippen LogP contribution in [0.15, 0.2) is 0 Å². The summed E-state index contributed by atoms with van der Waals surface area (Å²) >= 11 is 0. The summed E-state index contributed by atoms with van der Waals surface area (Å²) in [5, 5.41) is 0. The topological polar surface area (TPSA) is 42.0 Å². The van der Waals surface area contributed by atoms with Crippen LogP contribution in [0.1, 0.15) is 53.9 Å². The van der Waals surface area contributed by atoms with Crippen molar-refractivity contribution in [1.29, 1.82) is 0 Å². The van der Waals surface area contributed by atoms with Crippen LogP contribution in [0.4, 0.5) is 4.79 Å². The van der Waals surface area contributed by atoms with Gasteiger partial charge >= 0.3 is 6.09 Å². The third-order valence-corrected chi connectivity index (χ3v) is 4.62. The lowest BCUT2D eigenvalue weighted by molar-refractivity contribution is -0.0694. The van der Waals surface area contributed by atoms with Crippen LogP contribution in [0, 0.1) is 5.92 Å². The first-order chi connectivity index (χ1) is 10.7. The summed E-state index contributed by atoms with van der Waals surface area (Å²) in [4.78, 5) is 16.5. The second kappa shape index (κ2) is 7.84. The first kappa shape index (κ1) is 18.5. The minimum atomic E-state index is -0.405. The van der Waals surface area contributed by atoms with E-state index in [0.717, 1.165) is 51.5 Å². The van der Waals surface area contributed by atoms with E-state index >= 15 is 0 Å². The van der Waals surface area contributed by atoms with E-state index in [-0.39, 0.29) is 6.09 Å². The van der Waals surface area contributed by atoms with E-state index in [4.69, 9.17) is 9.47 Å². The highest BCUT2D eigenvalue weighted by molar-refractivity contribution is 5.68. The van der Waals surface area contributed by atoms with E-state index in [0.29, 0.717) is 12.2 Å². The van der Waals surface area contributed by atoms with Gasteiger partial charge in [0.1, 0.15) is 5.60 Å². The van der Waals surface area contributed by atoms with Gasteiger partial charge in [-0.2, -0.15) is 0 Å². The first-order valence-corrected chi connectivity index (χ1v) is 9.08. The molecule has 0 aromatic heterocycles. The summed E-state index contributed by atoms with van der Waals surface area (Å²) < 4.78 is 11.2. The van der Waals surface area contributed by atoms with E-state index in [9.17, 15) is 4.79 Å². The quantitative estimate of drug-likeness (QED) is 0.799. The van der Waals surface area contributed by atoms with Gasteiger partial charge in [0, 0.05) is 26.2 Å². The minimum absolute atomic E-state index is 0.160. The number of likely N-dealkylation sites (tertiary alicyclic amines) is 1. The molecule has 0 aliphatic carbocycles. The maximum absolute atomic E-state index is 12.1. The maximum Gasteiger partial charge on any atom is 0.410 e. The number of hydrogen-bond acceptors (Lipinski definition) is 4. The van der Waals surface area contributed by atoms with E-state index < -0.39 is 5.60 Å². The molecule has 1 amide bonds. The number of carbonyl (C=O) groups excluding carboxylic acids is 1. The van der Waals surface area contributed by atoms with Gasteiger partial charge in [-0.25, -0.2) is 4.79 Å². The molecule has 0 aromatic carbocycles. The number of amides is 1. The van der Waals surface area contributed by atoms with Crippen molar-refractivity contribution in [2.75, 3.05) is 32.7 Å². The molecule has 0 spiro atoms. The smallest absolute Gasteiger partial charge is 0.410 e. The van der Waals surface area contributed by atoms with Crippen molar-refractivity contribution >= 4 is 6.09 Å². The van der Waals surface area contributed by atoms with Gasteiger partial charge in [0.15, 0.2) is 0 Å². The van der Waals surface area contributed by atoms with Gasteiger partial charge in [-0.05, 0) is 66.3 Å². The number of morpholine rings is 1. The molecular formula is C18H34N2O3. The molecule has 0 unspecified atom stereocenters. The van der Waals surface area contributed by atoms with E-state index in [2.05, 4.69) is 18.7 Å². The Hall–Kier alpha value is -0.810. The largest absolute Gasteiger partial charge is 0.444 e. The normalized spacial score (nSPS) is 28.0. The van der Waals surface area contributed by atoms with Crippen LogP contribution in [0.5, 0.6) is 0 Å². The fourth-order valence-electron chi connectivity index (χ4n) is 3.56. The van der Waals surface area contributed by atoms with Gasteiger partial charge < -0.3 is 14.4 Å². The second-order valence-corrected chi connectivity index (χ2v) is 8.22. The van der Waals surface area contributed by atoms with Crippen molar-refractivity contribution in [2.24, 2.45) is 5.92 Å². The van der Waals surface area contributed by atoms with Crippen LogP contribution in [0.2, 0.25) is 0 Å². The highest BCUT2D eigenvalue weighted by Crippen LogP contribution is 2.23. The number of carbonyl (C=O) groups is 1. The van der Waals surface area contributed by atoms with Gasteiger partial charge in [0.25, 0.3) is 0 Å². The zero-order valence-electron chi connectivity index (χ0n) is 15.5. The van der Waals surface area contributed by atoms with Gasteiger partial charge in [-0.15, -0.1) is 0 Å². The SMILES string of the molecule is C[C@@H]1CN(CCC2CCN(C(=O)OC(C)(C)C)CC2)C[C@H](C)O1. The standard InChI is InChI=1S/C18H34N2O3/c1-14-12-19(13-15(2)22-14)9-6-16-7-10-20(11-8-16)17(21)23-18(3,4)5/h14-16H,6-13H2,1-5H3/t14-,15+. The van der Waals surface area contributed by atoms with Crippen molar-refractivity contribution in [3.8, 4) is 0 Å². The number of nitrogens with zero attached hydrogens (tertiary/aromatic N) is 2. The maximum atomic E-state index is 12.1. The average molecular weight is 326 g/mol. The third-order valence-electron chi connectivity index (χ3n) is 4.62. The van der Waals surface area contributed by atoms with Gasteiger partial charge in [-0.1, -0.05) is 0 Å². The van der Waals surface area contributed by atoms with Crippen molar-refractivity contribution < 1.29 is 14.3 Å². The predicted molar refractivity (Wildman–Crippen MR) is 91.6 cm³/mol. The zero-order valence-corrected chi connectivity index (χ0v) is 15.5. The molecule has 2 fully saturated rings. The van der Waals surface area contributed by atoms with E-state index in [1.54, 1.807) is 0 Å². The molecule has 23 heavy (non-hydrogen) atoms. The third kappa shape index (κ3) is 6.30. The monoisotopic (exact) mass is 326 g/mol. The molecule has 0 bridgehead atoms. The molecule has 0 aromatic rings. The molecule has 134 valence electrons. The number of rotatable bonds is 3. The summed E-state index contributed by atoms with van der Waals surface area (Å²) in [5.74, 6) is 0.724. The van der Waals surface area contributed by atoms with E-state index in [1.165, 1.54) is 6.42 Å². The lowest BCUT2D eigenvalue weighted by Crippen LogP contribution is -2.46. The van der Waals surface area contributed by atoms with Crippen LogP contribution >= 0.6 is 0 Å². The highest BCUT2D eigenvalue weighted by Gasteiger charge is 2.28. The molecule has 5 nitrogen and oxygen atoms in total. The number of piperidine rings is 1. The molecule has 0 saturated carbocycles. The summed E-state index contributed by atoms with van der Waals surface area (Å²) in [6.07, 6.45) is 3.93. The summed E-state index contributed by atoms with van der Waals surface area (Å²) in [7, 11) is 0. The fourth-order valence-corrected chi connectivity index (χ4v) is 3.56. The Balaban J connectivity index is 1.68. The molecule has 2 aliphatic heterocycles. The summed E-state index contributed by atoms with van der Waals surface area (Å²) in [6, 6.07) is 0. The molecule has 5 heteroatoms. The Kier molecular flexibility index (Phi) is 6.32. The van der Waals surface area contributed by atoms with Crippen LogP contribution in [-0.4, -0.2) is 66.4 Å². The number of ether oxygens (including phenoxy) is 2. The van der Waals surface area contributed by atoms with Crippen molar-refractivity contribution in [2.45, 2.75) is 71.7 Å². The molecule has 0 radical (unpaired) electrons. The molecule has 2 saturated heterocycles. The Morgan fingerprint density at radius 2 is 1.70 bits per heavy atom. The van der Waals surface area contributed by atoms with Crippen LogP contribution in [0.3, 0.4) is 0 Å². The van der Waals surface area contributed by atoms with Crippen LogP contribution in [-0.2, 0) is 9.47 Å². The molecule has 2 heterocycles. The van der Waals surface area contributed by atoms with E-state index in [1.807, 2.05) is 25.7 Å². The summed E-state index contributed by atoms with van der Waals surface area (Å²) in [6.45, 7) is 15.0. The minimum Gasteiger partial charge on any atom is -0.444 e. The second-order valence-electron chi connectivity index (χ2n) is 8.22. The highest BCUT2D eigenvalue weighted by atomic mass is 16.6. The lowest BCUT2D eigenvalue weighted by Gasteiger charge is -2.37. The van der Waals surface area contributed by atoms with Crippen molar-refractivity contribution in [3.63, 3.8) is 0 Å². The summed E-state index contributed by atoms with van der Waals surface area (Å²) in [5.41, 5.74) is -0.405. The lowest BCUT2D eigenvalue weighted by atomic mass is 9.93. The zero-order chi connectivity index (χ0) is 17.0. The van der Waals surface area contributed by atoms with Crippen molar-refractivity contribution in [1.82, 2.24) is 9.80 Å². The average Bonchev–Trinajstić information content (AvgIpc) is 2.43. The Bertz CT molecular complexity index is 376. The molecule has 0 N–H and O–H groups in total. The predicted octanol–water partition coefficient (Wildman–Crippen LogP) is 3.13. The molecule has 2 rings (SSSR count). The molecule has 2 aliphatic rings. The van der Waals surface area contributed by atoms with Gasteiger partial charge in [-0.3, -0.25) is 4.90 Å². The van der Waals surface area contributed by atoms with Crippen LogP contribution < -0.4 is 0 Å². The Morgan fingerprint density at radius 1 is 1.13 bits per heavy atom. The van der Waals surface area contributed by atoms with Crippen LogP contribution in [0.25, 0.3) is 0 Å².